The molecule has 3 aromatic rings. The molecule has 0 aliphatic carbocycles. The molecule has 3 heterocycles. The lowest BCUT2D eigenvalue weighted by molar-refractivity contribution is -0.132. The van der Waals surface area contributed by atoms with Crippen LogP contribution in [0, 0.1) is 6.92 Å². The highest BCUT2D eigenvalue weighted by atomic mass is 32.1. The third-order valence-electron chi connectivity index (χ3n) is 6.92. The largest absolute Gasteiger partial charge is 0.507 e. The second kappa shape index (κ2) is 11.7. The number of esters is 1. The molecule has 0 unspecified atom stereocenters. The molecule has 2 aromatic carbocycles. The number of methoxy groups -OCH3 is 1. The smallest absolute Gasteiger partial charge is 0.350 e. The van der Waals surface area contributed by atoms with Gasteiger partial charge in [-0.2, -0.15) is 0 Å². The van der Waals surface area contributed by atoms with Gasteiger partial charge in [-0.05, 0) is 62.2 Å². The van der Waals surface area contributed by atoms with E-state index in [9.17, 15) is 19.5 Å². The summed E-state index contributed by atoms with van der Waals surface area (Å²) in [7, 11) is 1.25. The van der Waals surface area contributed by atoms with Gasteiger partial charge < -0.3 is 24.1 Å². The first kappa shape index (κ1) is 28.9. The van der Waals surface area contributed by atoms with Crippen LogP contribution in [0.2, 0.25) is 0 Å². The number of hydrogen-bond acceptors (Lipinski definition) is 10. The summed E-state index contributed by atoms with van der Waals surface area (Å²) < 4.78 is 22.2. The second-order valence-electron chi connectivity index (χ2n) is 9.77. The van der Waals surface area contributed by atoms with E-state index in [2.05, 4.69) is 11.6 Å². The summed E-state index contributed by atoms with van der Waals surface area (Å²) in [5.74, 6) is -1.19. The van der Waals surface area contributed by atoms with Crippen LogP contribution in [0.1, 0.15) is 51.9 Å². The number of hydrogen-bond donors (Lipinski definition) is 1. The molecule has 5 rings (SSSR count). The van der Waals surface area contributed by atoms with Gasteiger partial charge in [-0.1, -0.05) is 30.1 Å². The van der Waals surface area contributed by atoms with E-state index in [1.54, 1.807) is 49.4 Å². The molecular weight excluding hydrogens is 560 g/mol. The number of aromatic nitrogens is 1. The predicted octanol–water partition coefficient (Wildman–Crippen LogP) is 5.15. The maximum atomic E-state index is 13.7. The fourth-order valence-electron chi connectivity index (χ4n) is 5.07. The van der Waals surface area contributed by atoms with Gasteiger partial charge in [0.1, 0.15) is 29.1 Å². The van der Waals surface area contributed by atoms with E-state index in [4.69, 9.17) is 18.9 Å². The van der Waals surface area contributed by atoms with E-state index in [1.165, 1.54) is 12.0 Å². The molecule has 1 amide bonds. The van der Waals surface area contributed by atoms with E-state index in [0.717, 1.165) is 16.9 Å². The Balaban J connectivity index is 1.70. The summed E-state index contributed by atoms with van der Waals surface area (Å²) in [5.41, 5.74) is 1.95. The van der Waals surface area contributed by atoms with Gasteiger partial charge in [0.25, 0.3) is 5.78 Å². The molecule has 0 radical (unpaired) electrons. The minimum absolute atomic E-state index is 0.0149. The molecule has 2 aliphatic rings. The highest BCUT2D eigenvalue weighted by molar-refractivity contribution is 7.17. The average molecular weight is 591 g/mol. The summed E-state index contributed by atoms with van der Waals surface area (Å²) in [4.78, 5) is 45.5. The van der Waals surface area contributed by atoms with E-state index in [-0.39, 0.29) is 34.1 Å². The Morgan fingerprint density at radius 2 is 2.00 bits per heavy atom. The van der Waals surface area contributed by atoms with Gasteiger partial charge in [0.2, 0.25) is 0 Å². The number of aliphatic hydroxyl groups excluding tert-OH is 1. The highest BCUT2D eigenvalue weighted by Gasteiger charge is 2.48. The summed E-state index contributed by atoms with van der Waals surface area (Å²) in [6.07, 6.45) is 2.23. The third kappa shape index (κ3) is 5.11. The van der Waals surface area contributed by atoms with Crippen molar-refractivity contribution in [2.75, 3.05) is 25.2 Å². The predicted molar refractivity (Wildman–Crippen MR) is 157 cm³/mol. The van der Waals surface area contributed by atoms with Crippen molar-refractivity contribution in [2.45, 2.75) is 39.3 Å². The van der Waals surface area contributed by atoms with Gasteiger partial charge in [0, 0.05) is 12.0 Å². The zero-order valence-electron chi connectivity index (χ0n) is 23.6. The standard InChI is InChI=1S/C31H30N2O8S/c1-6-12-40-22-11-8-18(15-23(22)39-7-2)25-24(26(34)19-9-10-21-20(14-19)13-16(3)41-21)27(35)29(36)33(25)31-32-17(4)28(42-31)30(37)38-5/h6,8-11,14-16,25,34H,1,7,12-13H2,2-5H3/t16-,25-/m0/s1. The zero-order chi connectivity index (χ0) is 30.1. The number of thiazole rings is 1. The third-order valence-corrected chi connectivity index (χ3v) is 8.05. The molecule has 2 aliphatic heterocycles. The molecule has 42 heavy (non-hydrogen) atoms. The Kier molecular flexibility index (Phi) is 8.04. The van der Waals surface area contributed by atoms with Crippen LogP contribution in [-0.4, -0.2) is 54.2 Å². The number of Topliss-reactive ketones (excluding diaryl/α,β-unsaturated/α-hetero) is 1. The van der Waals surface area contributed by atoms with Crippen LogP contribution in [0.25, 0.3) is 5.76 Å². The van der Waals surface area contributed by atoms with Crippen molar-refractivity contribution < 1.29 is 38.4 Å². The van der Waals surface area contributed by atoms with Crippen LogP contribution in [0.15, 0.2) is 54.6 Å². The van der Waals surface area contributed by atoms with E-state index in [1.807, 2.05) is 13.8 Å². The number of aryl methyl sites for hydroxylation is 1. The second-order valence-corrected chi connectivity index (χ2v) is 10.7. The topological polar surface area (TPSA) is 124 Å². The molecule has 0 spiro atoms. The Morgan fingerprint density at radius 1 is 1.21 bits per heavy atom. The lowest BCUT2D eigenvalue weighted by Gasteiger charge is -2.24. The fourth-order valence-corrected chi connectivity index (χ4v) is 6.08. The van der Waals surface area contributed by atoms with Gasteiger partial charge in [0.05, 0.1) is 31.0 Å². The van der Waals surface area contributed by atoms with Crippen LogP contribution in [0.4, 0.5) is 5.13 Å². The molecular formula is C31H30N2O8S. The van der Waals surface area contributed by atoms with E-state index < -0.39 is 23.7 Å². The monoisotopic (exact) mass is 590 g/mol. The van der Waals surface area contributed by atoms with Gasteiger partial charge in [-0.15, -0.1) is 0 Å². The van der Waals surface area contributed by atoms with Gasteiger partial charge >= 0.3 is 11.9 Å². The number of benzene rings is 2. The number of carbonyl (C=O) groups excluding carboxylic acids is 3. The highest BCUT2D eigenvalue weighted by Crippen LogP contribution is 2.46. The van der Waals surface area contributed by atoms with Crippen LogP contribution in [-0.2, 0) is 20.7 Å². The normalized spacial score (nSPS) is 18.9. The lowest BCUT2D eigenvalue weighted by Crippen LogP contribution is -2.29. The zero-order valence-corrected chi connectivity index (χ0v) is 24.4. The maximum Gasteiger partial charge on any atom is 0.350 e. The number of anilines is 1. The molecule has 2 atom stereocenters. The Labute approximate surface area is 246 Å². The van der Waals surface area contributed by atoms with Crippen molar-refractivity contribution in [1.82, 2.24) is 4.98 Å². The molecule has 0 saturated carbocycles. The van der Waals surface area contributed by atoms with Crippen molar-refractivity contribution >= 4 is 39.9 Å². The Hall–Kier alpha value is -4.64. The minimum atomic E-state index is -1.09. The molecule has 1 fully saturated rings. The van der Waals surface area contributed by atoms with Crippen LogP contribution >= 0.6 is 11.3 Å². The number of amides is 1. The van der Waals surface area contributed by atoms with Crippen molar-refractivity contribution in [3.05, 3.63) is 81.9 Å². The minimum Gasteiger partial charge on any atom is -0.507 e. The maximum absolute atomic E-state index is 13.7. The Bertz CT molecular complexity index is 1620. The first-order valence-electron chi connectivity index (χ1n) is 13.4. The number of fused-ring (bicyclic) bond motifs is 1. The number of ketones is 1. The van der Waals surface area contributed by atoms with Crippen molar-refractivity contribution in [3.8, 4) is 17.2 Å². The molecule has 218 valence electrons. The van der Waals surface area contributed by atoms with Gasteiger partial charge in [0.15, 0.2) is 16.6 Å². The number of ether oxygens (including phenoxy) is 4. The summed E-state index contributed by atoms with van der Waals surface area (Å²) in [6, 6.07) is 9.10. The van der Waals surface area contributed by atoms with Crippen molar-refractivity contribution in [1.29, 1.82) is 0 Å². The van der Waals surface area contributed by atoms with Gasteiger partial charge in [-0.3, -0.25) is 14.5 Å². The number of nitrogens with zero attached hydrogens (tertiary/aromatic N) is 2. The van der Waals surface area contributed by atoms with Crippen molar-refractivity contribution in [2.24, 2.45) is 0 Å². The van der Waals surface area contributed by atoms with Crippen LogP contribution in [0.5, 0.6) is 17.2 Å². The molecule has 0 bridgehead atoms. The van der Waals surface area contributed by atoms with Crippen LogP contribution in [0.3, 0.4) is 0 Å². The summed E-state index contributed by atoms with van der Waals surface area (Å²) >= 11 is 0.928. The summed E-state index contributed by atoms with van der Waals surface area (Å²) in [6.45, 7) is 9.63. The van der Waals surface area contributed by atoms with Crippen LogP contribution < -0.4 is 19.1 Å². The molecule has 1 saturated heterocycles. The van der Waals surface area contributed by atoms with Gasteiger partial charge in [-0.25, -0.2) is 9.78 Å². The molecule has 10 nitrogen and oxygen atoms in total. The first-order valence-corrected chi connectivity index (χ1v) is 14.2. The number of rotatable bonds is 9. The quantitative estimate of drug-likeness (QED) is 0.118. The number of aliphatic hydroxyl groups is 1. The van der Waals surface area contributed by atoms with E-state index >= 15 is 0 Å². The molecule has 1 aromatic heterocycles. The number of carbonyl (C=O) groups is 3. The summed E-state index contributed by atoms with van der Waals surface area (Å²) in [5, 5.41) is 11.7. The SMILES string of the molecule is C=CCOc1ccc([C@H]2C(=C(O)c3ccc4c(c3)C[C@H](C)O4)C(=O)C(=O)N2c2nc(C)c(C(=O)OC)s2)cc1OCC. The Morgan fingerprint density at radius 3 is 2.71 bits per heavy atom. The fraction of sp³-hybridized carbons (Fsp3) is 0.290. The lowest BCUT2D eigenvalue weighted by atomic mass is 9.94. The van der Waals surface area contributed by atoms with E-state index in [0.29, 0.717) is 47.1 Å². The first-order chi connectivity index (χ1) is 20.2. The van der Waals surface area contributed by atoms with Crippen molar-refractivity contribution in [3.63, 3.8) is 0 Å². The molecule has 11 heteroatoms. The average Bonchev–Trinajstić information content (AvgIpc) is 3.63. The molecule has 1 N–H and O–H groups in total.